The third-order valence-electron chi connectivity index (χ3n) is 2.96. The van der Waals surface area contributed by atoms with Crippen molar-refractivity contribution in [2.24, 2.45) is 9.98 Å². The predicted octanol–water partition coefficient (Wildman–Crippen LogP) is 2.49. The Labute approximate surface area is 104 Å². The van der Waals surface area contributed by atoms with Gasteiger partial charge in [0.25, 0.3) is 0 Å². The maximum atomic E-state index is 11.0. The molecule has 0 radical (unpaired) electrons. The number of hydrogen-bond donors (Lipinski definition) is 1. The van der Waals surface area contributed by atoms with Crippen LogP contribution >= 0.6 is 0 Å². The largest absolute Gasteiger partial charge is 0.478 e. The maximum Gasteiger partial charge on any atom is 0.333 e. The maximum absolute atomic E-state index is 11.0. The number of carboxylic acid groups (broad SMARTS) is 1. The Balaban J connectivity index is 2.16. The van der Waals surface area contributed by atoms with E-state index in [0.717, 1.165) is 22.5 Å². The van der Waals surface area contributed by atoms with Crippen LogP contribution in [0, 0.1) is 0 Å². The fourth-order valence-corrected chi connectivity index (χ4v) is 2.07. The first-order valence-electron chi connectivity index (χ1n) is 5.59. The first-order valence-corrected chi connectivity index (χ1v) is 5.59. The molecule has 4 nitrogen and oxygen atoms in total. The van der Waals surface area contributed by atoms with Crippen LogP contribution in [0.5, 0.6) is 0 Å². The molecule has 0 aromatic heterocycles. The van der Waals surface area contributed by atoms with Gasteiger partial charge in [0.2, 0.25) is 0 Å². The molecule has 2 aliphatic heterocycles. The SMILES string of the molecule is O=C(O)C1=CN=C2C(=CC=Nc3ccccc32)C1. The summed E-state index contributed by atoms with van der Waals surface area (Å²) in [5, 5.41) is 9.00. The van der Waals surface area contributed by atoms with Gasteiger partial charge in [-0.15, -0.1) is 0 Å². The van der Waals surface area contributed by atoms with E-state index in [9.17, 15) is 4.79 Å². The van der Waals surface area contributed by atoms with Crippen LogP contribution in [0.1, 0.15) is 12.0 Å². The number of aliphatic imine (C=N–C) groups is 2. The number of hydrogen-bond acceptors (Lipinski definition) is 3. The van der Waals surface area contributed by atoms with E-state index in [1.165, 1.54) is 6.20 Å². The Morgan fingerprint density at radius 3 is 2.94 bits per heavy atom. The molecule has 0 fully saturated rings. The van der Waals surface area contributed by atoms with E-state index in [1.807, 2.05) is 30.3 Å². The molecule has 1 aromatic rings. The highest BCUT2D eigenvalue weighted by Gasteiger charge is 2.21. The first kappa shape index (κ1) is 10.7. The first-order chi connectivity index (χ1) is 8.75. The zero-order chi connectivity index (χ0) is 12.5. The smallest absolute Gasteiger partial charge is 0.333 e. The van der Waals surface area contributed by atoms with Gasteiger partial charge in [-0.3, -0.25) is 9.98 Å². The van der Waals surface area contributed by atoms with Crippen LogP contribution in [0.3, 0.4) is 0 Å². The topological polar surface area (TPSA) is 62.0 Å². The Kier molecular flexibility index (Phi) is 2.41. The summed E-state index contributed by atoms with van der Waals surface area (Å²) in [6, 6.07) is 7.71. The fraction of sp³-hybridized carbons (Fsp3) is 0.0714. The number of nitrogens with zero attached hydrogens (tertiary/aromatic N) is 2. The van der Waals surface area contributed by atoms with Gasteiger partial charge in [-0.25, -0.2) is 4.79 Å². The van der Waals surface area contributed by atoms with Crippen molar-refractivity contribution in [3.63, 3.8) is 0 Å². The minimum Gasteiger partial charge on any atom is -0.478 e. The highest BCUT2D eigenvalue weighted by atomic mass is 16.4. The van der Waals surface area contributed by atoms with E-state index in [0.29, 0.717) is 12.0 Å². The minimum absolute atomic E-state index is 0.304. The molecule has 0 amide bonds. The van der Waals surface area contributed by atoms with Gasteiger partial charge in [0.1, 0.15) is 0 Å². The zero-order valence-corrected chi connectivity index (χ0v) is 9.50. The van der Waals surface area contributed by atoms with Gasteiger partial charge >= 0.3 is 5.97 Å². The van der Waals surface area contributed by atoms with Gasteiger partial charge in [0, 0.05) is 24.4 Å². The second kappa shape index (κ2) is 4.07. The van der Waals surface area contributed by atoms with Crippen molar-refractivity contribution in [1.29, 1.82) is 0 Å². The van der Waals surface area contributed by atoms with Crippen LogP contribution in [0.15, 0.2) is 57.7 Å². The molecule has 0 saturated carbocycles. The van der Waals surface area contributed by atoms with Crippen LogP contribution in [-0.2, 0) is 4.79 Å². The van der Waals surface area contributed by atoms with E-state index < -0.39 is 5.97 Å². The van der Waals surface area contributed by atoms with Crippen LogP contribution in [0.2, 0.25) is 0 Å². The summed E-state index contributed by atoms with van der Waals surface area (Å²) in [7, 11) is 0. The number of rotatable bonds is 1. The molecular formula is C14H10N2O2. The molecule has 2 heterocycles. The van der Waals surface area contributed by atoms with E-state index in [-0.39, 0.29) is 0 Å². The average Bonchev–Trinajstić information content (AvgIpc) is 2.57. The van der Waals surface area contributed by atoms with Gasteiger partial charge < -0.3 is 5.11 Å². The lowest BCUT2D eigenvalue weighted by molar-refractivity contribution is -0.132. The van der Waals surface area contributed by atoms with Gasteiger partial charge in [0.15, 0.2) is 0 Å². The summed E-state index contributed by atoms with van der Waals surface area (Å²) in [6.07, 6.45) is 5.34. The number of carboxylic acids is 1. The van der Waals surface area contributed by atoms with Gasteiger partial charge in [-0.2, -0.15) is 0 Å². The summed E-state index contributed by atoms with van der Waals surface area (Å²) in [6.45, 7) is 0. The molecule has 1 aromatic carbocycles. The quantitative estimate of drug-likeness (QED) is 0.817. The number of para-hydroxylation sites is 1. The van der Waals surface area contributed by atoms with Crippen molar-refractivity contribution < 1.29 is 9.90 Å². The summed E-state index contributed by atoms with van der Waals surface area (Å²) in [4.78, 5) is 19.6. The molecule has 0 atom stereocenters. The van der Waals surface area contributed by atoms with Gasteiger partial charge in [-0.1, -0.05) is 18.2 Å². The molecule has 3 rings (SSSR count). The number of aliphatic carboxylic acids is 1. The van der Waals surface area contributed by atoms with Crippen LogP contribution < -0.4 is 0 Å². The average molecular weight is 238 g/mol. The molecule has 0 aliphatic carbocycles. The molecular weight excluding hydrogens is 228 g/mol. The normalized spacial score (nSPS) is 16.8. The molecule has 0 unspecified atom stereocenters. The van der Waals surface area contributed by atoms with Crippen molar-refractivity contribution in [3.8, 4) is 0 Å². The van der Waals surface area contributed by atoms with E-state index >= 15 is 0 Å². The standard InChI is InChI=1S/C14H10N2O2/c17-14(18)10-7-9-5-6-15-12-4-2-1-3-11(12)13(9)16-8-10/h1-6,8H,7H2,(H,17,18). The second-order valence-corrected chi connectivity index (χ2v) is 4.10. The molecule has 0 bridgehead atoms. The fourth-order valence-electron chi connectivity index (χ4n) is 2.07. The van der Waals surface area contributed by atoms with Crippen molar-refractivity contribution in [1.82, 2.24) is 0 Å². The second-order valence-electron chi connectivity index (χ2n) is 4.10. The lowest BCUT2D eigenvalue weighted by Gasteiger charge is -2.15. The lowest BCUT2D eigenvalue weighted by atomic mass is 9.94. The monoisotopic (exact) mass is 238 g/mol. The summed E-state index contributed by atoms with van der Waals surface area (Å²) in [5.74, 6) is -0.923. The van der Waals surface area contributed by atoms with Gasteiger partial charge in [-0.05, 0) is 17.7 Å². The third kappa shape index (κ3) is 1.68. The van der Waals surface area contributed by atoms with Crippen molar-refractivity contribution in [2.45, 2.75) is 6.42 Å². The van der Waals surface area contributed by atoms with Crippen molar-refractivity contribution in [2.75, 3.05) is 0 Å². The van der Waals surface area contributed by atoms with Crippen LogP contribution in [0.25, 0.3) is 0 Å². The molecule has 0 spiro atoms. The lowest BCUT2D eigenvalue weighted by Crippen LogP contribution is -2.13. The number of benzene rings is 1. The van der Waals surface area contributed by atoms with Crippen molar-refractivity contribution in [3.05, 3.63) is 53.3 Å². The Hall–Kier alpha value is -2.49. The number of allylic oxidation sites excluding steroid dienone is 2. The number of fused-ring (bicyclic) bond motifs is 3. The predicted molar refractivity (Wildman–Crippen MR) is 69.5 cm³/mol. The third-order valence-corrected chi connectivity index (χ3v) is 2.96. The van der Waals surface area contributed by atoms with Crippen LogP contribution in [-0.4, -0.2) is 23.0 Å². The Morgan fingerprint density at radius 1 is 1.28 bits per heavy atom. The molecule has 0 saturated heterocycles. The molecule has 1 N–H and O–H groups in total. The summed E-state index contributed by atoms with van der Waals surface area (Å²) in [5.41, 5.74) is 3.81. The van der Waals surface area contributed by atoms with E-state index in [1.54, 1.807) is 6.21 Å². The highest BCUT2D eigenvalue weighted by Crippen LogP contribution is 2.29. The van der Waals surface area contributed by atoms with E-state index in [4.69, 9.17) is 5.11 Å². The summed E-state index contributed by atoms with van der Waals surface area (Å²) >= 11 is 0. The molecule has 18 heavy (non-hydrogen) atoms. The Morgan fingerprint density at radius 2 is 2.11 bits per heavy atom. The zero-order valence-electron chi connectivity index (χ0n) is 9.50. The molecule has 88 valence electrons. The van der Waals surface area contributed by atoms with Crippen LogP contribution in [0.4, 0.5) is 5.69 Å². The summed E-state index contributed by atoms with van der Waals surface area (Å²) < 4.78 is 0. The minimum atomic E-state index is -0.923. The number of carbonyl (C=O) groups is 1. The van der Waals surface area contributed by atoms with Crippen molar-refractivity contribution >= 4 is 23.6 Å². The molecule has 2 aliphatic rings. The Bertz CT molecular complexity index is 652. The highest BCUT2D eigenvalue weighted by molar-refractivity contribution is 6.19. The van der Waals surface area contributed by atoms with Gasteiger partial charge in [0.05, 0.1) is 17.0 Å². The van der Waals surface area contributed by atoms with E-state index in [2.05, 4.69) is 9.98 Å². The molecule has 4 heteroatoms.